The first-order chi connectivity index (χ1) is 14.2. The van der Waals surface area contributed by atoms with E-state index in [9.17, 15) is 0 Å². The predicted octanol–water partition coefficient (Wildman–Crippen LogP) is 4.39. The van der Waals surface area contributed by atoms with Crippen molar-refractivity contribution in [2.75, 3.05) is 7.05 Å². The highest BCUT2D eigenvalue weighted by Crippen LogP contribution is 2.24. The van der Waals surface area contributed by atoms with Crippen molar-refractivity contribution in [3.8, 4) is 11.4 Å². The highest BCUT2D eigenvalue weighted by molar-refractivity contribution is 14.0. The molecule has 1 unspecified atom stereocenters. The van der Waals surface area contributed by atoms with Gasteiger partial charge in [-0.3, -0.25) is 10.1 Å². The van der Waals surface area contributed by atoms with E-state index < -0.39 is 0 Å². The lowest BCUT2D eigenvalue weighted by Crippen LogP contribution is -2.38. The van der Waals surface area contributed by atoms with Gasteiger partial charge in [0, 0.05) is 19.2 Å². The van der Waals surface area contributed by atoms with Gasteiger partial charge in [-0.1, -0.05) is 36.4 Å². The zero-order valence-electron chi connectivity index (χ0n) is 17.5. The number of fused-ring (bicyclic) bond motifs is 1. The second-order valence-electron chi connectivity index (χ2n) is 7.56. The van der Waals surface area contributed by atoms with Crippen molar-refractivity contribution in [2.24, 2.45) is 4.99 Å². The van der Waals surface area contributed by atoms with Crippen molar-refractivity contribution < 1.29 is 0 Å². The van der Waals surface area contributed by atoms with E-state index in [0.29, 0.717) is 6.54 Å². The normalized spacial score (nSPS) is 14.4. The van der Waals surface area contributed by atoms with Gasteiger partial charge in [0.2, 0.25) is 0 Å². The molecule has 30 heavy (non-hydrogen) atoms. The molecule has 0 amide bonds. The van der Waals surface area contributed by atoms with Gasteiger partial charge in [-0.05, 0) is 60.9 Å². The van der Waals surface area contributed by atoms with Crippen molar-refractivity contribution >= 4 is 29.9 Å². The van der Waals surface area contributed by atoms with Gasteiger partial charge in [-0.2, -0.15) is 5.10 Å². The number of H-pyrrole nitrogens is 1. The maximum absolute atomic E-state index is 4.39. The first-order valence-corrected chi connectivity index (χ1v) is 10.3. The molecule has 158 valence electrons. The monoisotopic (exact) mass is 516 g/mol. The van der Waals surface area contributed by atoms with Crippen LogP contribution in [0.3, 0.4) is 0 Å². The Kier molecular flexibility index (Phi) is 7.84. The molecule has 0 aliphatic heterocycles. The van der Waals surface area contributed by atoms with Crippen LogP contribution >= 0.6 is 24.0 Å². The van der Waals surface area contributed by atoms with Gasteiger partial charge in [-0.15, -0.1) is 24.0 Å². The Bertz CT molecular complexity index is 983. The molecule has 2 aromatic carbocycles. The second-order valence-corrected chi connectivity index (χ2v) is 7.56. The Balaban J connectivity index is 0.00000256. The van der Waals surface area contributed by atoms with E-state index in [0.717, 1.165) is 22.9 Å². The second kappa shape index (κ2) is 10.6. The maximum Gasteiger partial charge on any atom is 0.191 e. The average Bonchev–Trinajstić information content (AvgIpc) is 3.31. The third kappa shape index (κ3) is 5.38. The van der Waals surface area contributed by atoms with Crippen molar-refractivity contribution in [2.45, 2.75) is 45.2 Å². The van der Waals surface area contributed by atoms with Crippen LogP contribution in [0.2, 0.25) is 0 Å². The van der Waals surface area contributed by atoms with Gasteiger partial charge >= 0.3 is 0 Å². The Hall–Kier alpha value is -2.42. The molecule has 0 spiro atoms. The maximum atomic E-state index is 4.39. The zero-order valence-corrected chi connectivity index (χ0v) is 19.8. The average molecular weight is 516 g/mol. The molecule has 0 fully saturated rings. The van der Waals surface area contributed by atoms with Gasteiger partial charge in [-0.25, -0.2) is 4.98 Å². The number of rotatable bonds is 5. The van der Waals surface area contributed by atoms with E-state index in [1.807, 2.05) is 12.1 Å². The van der Waals surface area contributed by atoms with Gasteiger partial charge in [0.05, 0.1) is 6.04 Å². The molecule has 0 bridgehead atoms. The third-order valence-electron chi connectivity index (χ3n) is 5.52. The summed E-state index contributed by atoms with van der Waals surface area (Å²) in [5, 5.41) is 13.8. The Morgan fingerprint density at radius 1 is 1.13 bits per heavy atom. The molecule has 7 heteroatoms. The summed E-state index contributed by atoms with van der Waals surface area (Å²) in [6.07, 6.45) is 6.55. The molecule has 1 aliphatic carbocycles. The van der Waals surface area contributed by atoms with Crippen LogP contribution in [0.1, 0.15) is 48.1 Å². The van der Waals surface area contributed by atoms with Crippen LogP contribution in [0, 0.1) is 0 Å². The summed E-state index contributed by atoms with van der Waals surface area (Å²) in [6, 6.07) is 15.3. The number of nitrogens with zero attached hydrogens (tertiary/aromatic N) is 3. The molecular formula is C23H29IN6. The summed E-state index contributed by atoms with van der Waals surface area (Å²) in [5.74, 6) is 1.57. The minimum atomic E-state index is 0. The number of nitrogens with one attached hydrogen (secondary N) is 3. The Morgan fingerprint density at radius 2 is 1.97 bits per heavy atom. The quantitative estimate of drug-likeness (QED) is 0.267. The molecule has 0 saturated heterocycles. The number of aliphatic imine (C=N–C) groups is 1. The summed E-state index contributed by atoms with van der Waals surface area (Å²) in [7, 11) is 1.81. The highest BCUT2D eigenvalue weighted by Gasteiger charge is 2.13. The fourth-order valence-corrected chi connectivity index (χ4v) is 3.86. The molecule has 1 aromatic heterocycles. The summed E-state index contributed by atoms with van der Waals surface area (Å²) >= 11 is 0. The Morgan fingerprint density at radius 3 is 2.73 bits per heavy atom. The van der Waals surface area contributed by atoms with Crippen molar-refractivity contribution in [3.63, 3.8) is 0 Å². The minimum absolute atomic E-state index is 0. The van der Waals surface area contributed by atoms with Crippen molar-refractivity contribution in [1.29, 1.82) is 0 Å². The number of hydrogen-bond acceptors (Lipinski definition) is 3. The molecule has 3 N–H and O–H groups in total. The van der Waals surface area contributed by atoms with Gasteiger partial charge in [0.1, 0.15) is 6.33 Å². The van der Waals surface area contributed by atoms with Crippen LogP contribution in [0.5, 0.6) is 0 Å². The molecule has 1 heterocycles. The number of halogens is 1. The first-order valence-electron chi connectivity index (χ1n) is 10.3. The van der Waals surface area contributed by atoms with E-state index in [2.05, 4.69) is 68.1 Å². The predicted molar refractivity (Wildman–Crippen MR) is 132 cm³/mol. The highest BCUT2D eigenvalue weighted by atomic mass is 127. The number of aromatic amines is 1. The summed E-state index contributed by atoms with van der Waals surface area (Å²) in [5.41, 5.74) is 6.51. The smallest absolute Gasteiger partial charge is 0.191 e. The van der Waals surface area contributed by atoms with Crippen LogP contribution in [0.25, 0.3) is 11.4 Å². The van der Waals surface area contributed by atoms with Crippen molar-refractivity contribution in [3.05, 3.63) is 71.0 Å². The van der Waals surface area contributed by atoms with Gasteiger partial charge in [0.25, 0.3) is 0 Å². The zero-order chi connectivity index (χ0) is 20.1. The number of guanidine groups is 1. The fraction of sp³-hybridized carbons (Fsp3) is 0.348. The fourth-order valence-electron chi connectivity index (χ4n) is 3.86. The molecular weight excluding hydrogens is 487 g/mol. The topological polar surface area (TPSA) is 78.0 Å². The van der Waals surface area contributed by atoms with E-state index in [4.69, 9.17) is 0 Å². The number of benzene rings is 2. The minimum Gasteiger partial charge on any atom is -0.352 e. The van der Waals surface area contributed by atoms with Crippen LogP contribution in [-0.2, 0) is 19.4 Å². The van der Waals surface area contributed by atoms with Crippen LogP contribution < -0.4 is 10.6 Å². The lowest BCUT2D eigenvalue weighted by molar-refractivity contribution is 0.665. The largest absolute Gasteiger partial charge is 0.352 e. The number of aryl methyl sites for hydroxylation is 2. The van der Waals surface area contributed by atoms with Crippen LogP contribution in [-0.4, -0.2) is 28.2 Å². The standard InChI is InChI=1S/C23H28N6.HI/c1-16(19-11-10-18-7-3-4-8-20(18)13-19)28-23(24-2)25-14-17-6-5-9-21(12-17)22-26-15-27-29-22;/h5-6,9-13,15-16H,3-4,7-8,14H2,1-2H3,(H2,24,25,28)(H,26,27,29);1H. The van der Waals surface area contributed by atoms with Crippen molar-refractivity contribution in [1.82, 2.24) is 25.8 Å². The summed E-state index contributed by atoms with van der Waals surface area (Å²) in [6.45, 7) is 2.86. The molecule has 0 saturated carbocycles. The van der Waals surface area contributed by atoms with E-state index in [1.54, 1.807) is 7.05 Å². The lowest BCUT2D eigenvalue weighted by Gasteiger charge is -2.21. The SMILES string of the molecule is CN=C(NCc1cccc(-c2ncn[nH]2)c1)NC(C)c1ccc2c(c1)CCCC2.I. The third-order valence-corrected chi connectivity index (χ3v) is 5.52. The Labute approximate surface area is 195 Å². The lowest BCUT2D eigenvalue weighted by atomic mass is 9.89. The van der Waals surface area contributed by atoms with E-state index >= 15 is 0 Å². The molecule has 4 rings (SSSR count). The molecule has 0 radical (unpaired) electrons. The molecule has 1 aliphatic rings. The summed E-state index contributed by atoms with van der Waals surface area (Å²) < 4.78 is 0. The van der Waals surface area contributed by atoms with E-state index in [-0.39, 0.29) is 30.0 Å². The van der Waals surface area contributed by atoms with E-state index in [1.165, 1.54) is 48.7 Å². The number of aromatic nitrogens is 3. The first kappa shape index (κ1) is 22.3. The molecule has 6 nitrogen and oxygen atoms in total. The van der Waals surface area contributed by atoms with Crippen LogP contribution in [0.15, 0.2) is 53.8 Å². The van der Waals surface area contributed by atoms with Crippen LogP contribution in [0.4, 0.5) is 0 Å². The summed E-state index contributed by atoms with van der Waals surface area (Å²) in [4.78, 5) is 8.61. The van der Waals surface area contributed by atoms with Gasteiger partial charge in [0.15, 0.2) is 11.8 Å². The number of hydrogen-bond donors (Lipinski definition) is 3. The molecule has 1 atom stereocenters. The molecule has 3 aromatic rings. The van der Waals surface area contributed by atoms with Gasteiger partial charge < -0.3 is 10.6 Å².